The second-order valence-electron chi connectivity index (χ2n) is 6.54. The molecule has 7 heteroatoms. The van der Waals surface area contributed by atoms with Crippen molar-refractivity contribution in [3.05, 3.63) is 29.7 Å². The number of nitrogens with one attached hydrogen (secondary N) is 2. The molecule has 5 nitrogen and oxygen atoms in total. The van der Waals surface area contributed by atoms with Crippen LogP contribution in [0.3, 0.4) is 0 Å². The zero-order chi connectivity index (χ0) is 17.2. The molecule has 2 aliphatic rings. The molecule has 1 aromatic carbocycles. The van der Waals surface area contributed by atoms with Crippen LogP contribution in [0.4, 0.5) is 10.1 Å². The smallest absolute Gasteiger partial charge is 0.126 e. The Balaban J connectivity index is 1.63. The van der Waals surface area contributed by atoms with Gasteiger partial charge in [-0.05, 0) is 37.5 Å². The first-order chi connectivity index (χ1) is 12.2. The zero-order valence-electron chi connectivity index (χ0n) is 13.9. The van der Waals surface area contributed by atoms with Gasteiger partial charge in [0.05, 0.1) is 22.9 Å². The van der Waals surface area contributed by atoms with Crippen LogP contribution < -0.4 is 5.32 Å². The van der Waals surface area contributed by atoms with Crippen LogP contribution in [0.25, 0.3) is 10.9 Å². The van der Waals surface area contributed by atoms with Crippen molar-refractivity contribution in [2.24, 2.45) is 4.99 Å². The summed E-state index contributed by atoms with van der Waals surface area (Å²) in [5.41, 5.74) is 2.63. The molecule has 134 valence electrons. The molecule has 2 aliphatic heterocycles. The third-order valence-corrected chi connectivity index (χ3v) is 5.83. The first kappa shape index (κ1) is 16.9. The lowest BCUT2D eigenvalue weighted by Crippen LogP contribution is -2.27. The molecule has 0 aliphatic carbocycles. The van der Waals surface area contributed by atoms with Gasteiger partial charge in [-0.15, -0.1) is 11.8 Å². The van der Waals surface area contributed by atoms with Gasteiger partial charge in [0.15, 0.2) is 0 Å². The Labute approximate surface area is 150 Å². The lowest BCUT2D eigenvalue weighted by molar-refractivity contribution is 0.0905. The van der Waals surface area contributed by atoms with Gasteiger partial charge >= 0.3 is 0 Å². The molecule has 0 radical (unpaired) electrons. The molecule has 0 spiro atoms. The molecule has 3 heterocycles. The minimum Gasteiger partial charge on any atom is -0.396 e. The normalized spacial score (nSPS) is 21.7. The summed E-state index contributed by atoms with van der Waals surface area (Å²) in [7, 11) is 0. The highest BCUT2D eigenvalue weighted by Gasteiger charge is 2.22. The van der Waals surface area contributed by atoms with Crippen LogP contribution >= 0.6 is 11.8 Å². The number of aliphatic hydroxyl groups is 1. The highest BCUT2D eigenvalue weighted by molar-refractivity contribution is 8.14. The number of aliphatic imine (C=N–C) groups is 1. The van der Waals surface area contributed by atoms with Gasteiger partial charge in [0, 0.05) is 37.0 Å². The summed E-state index contributed by atoms with van der Waals surface area (Å²) in [5.74, 6) is 0.638. The van der Waals surface area contributed by atoms with Crippen molar-refractivity contribution in [3.8, 4) is 0 Å². The van der Waals surface area contributed by atoms with Crippen molar-refractivity contribution in [3.63, 3.8) is 0 Å². The van der Waals surface area contributed by atoms with Crippen molar-refractivity contribution in [2.45, 2.75) is 31.3 Å². The molecule has 4 rings (SSSR count). The van der Waals surface area contributed by atoms with Crippen LogP contribution in [0, 0.1) is 5.82 Å². The summed E-state index contributed by atoms with van der Waals surface area (Å²) < 4.78 is 19.5. The molecule has 3 N–H and O–H groups in total. The SMILES string of the molecule is OCCC1CSC(c2cc3cc(F)cc(NC4CCOCC4)c3[nH]2)=N1. The fourth-order valence-corrected chi connectivity index (χ4v) is 4.44. The lowest BCUT2D eigenvalue weighted by atomic mass is 10.1. The van der Waals surface area contributed by atoms with E-state index in [0.717, 1.165) is 59.1 Å². The van der Waals surface area contributed by atoms with Crippen molar-refractivity contribution < 1.29 is 14.2 Å². The Morgan fingerprint density at radius 1 is 1.32 bits per heavy atom. The minimum absolute atomic E-state index is 0.152. The molecular weight excluding hydrogens is 341 g/mol. The summed E-state index contributed by atoms with van der Waals surface area (Å²) in [6.45, 7) is 1.64. The lowest BCUT2D eigenvalue weighted by Gasteiger charge is -2.24. The maximum absolute atomic E-state index is 14.1. The number of H-pyrrole nitrogens is 1. The van der Waals surface area contributed by atoms with Crippen LogP contribution in [0.2, 0.25) is 0 Å². The van der Waals surface area contributed by atoms with Crippen LogP contribution in [-0.2, 0) is 4.74 Å². The number of aromatic nitrogens is 1. The second-order valence-corrected chi connectivity index (χ2v) is 7.55. The number of ether oxygens (including phenoxy) is 1. The van der Waals surface area contributed by atoms with E-state index in [2.05, 4.69) is 15.3 Å². The van der Waals surface area contributed by atoms with E-state index in [0.29, 0.717) is 12.5 Å². The molecule has 25 heavy (non-hydrogen) atoms. The number of anilines is 1. The molecule has 0 bridgehead atoms. The van der Waals surface area contributed by atoms with Gasteiger partial charge in [-0.25, -0.2) is 4.39 Å². The highest BCUT2D eigenvalue weighted by atomic mass is 32.2. The van der Waals surface area contributed by atoms with Crippen molar-refractivity contribution in [1.82, 2.24) is 4.98 Å². The van der Waals surface area contributed by atoms with Crippen molar-refractivity contribution >= 4 is 33.4 Å². The number of aromatic amines is 1. The number of benzene rings is 1. The second kappa shape index (κ2) is 7.35. The topological polar surface area (TPSA) is 69.6 Å². The molecule has 0 saturated carbocycles. The van der Waals surface area contributed by atoms with E-state index in [9.17, 15) is 4.39 Å². The number of fused-ring (bicyclic) bond motifs is 1. The molecule has 2 aromatic rings. The van der Waals surface area contributed by atoms with E-state index >= 15 is 0 Å². The van der Waals surface area contributed by atoms with Gasteiger partial charge in [0.1, 0.15) is 10.9 Å². The summed E-state index contributed by atoms with van der Waals surface area (Å²) in [6, 6.07) is 5.53. The molecular formula is C18H22FN3O2S. The number of hydrogen-bond donors (Lipinski definition) is 3. The third-order valence-electron chi connectivity index (χ3n) is 4.68. The van der Waals surface area contributed by atoms with Gasteiger partial charge in [0.2, 0.25) is 0 Å². The predicted octanol–water partition coefficient (Wildman–Crippen LogP) is 3.14. The summed E-state index contributed by atoms with van der Waals surface area (Å²) in [5, 5.41) is 14.3. The van der Waals surface area contributed by atoms with Gasteiger partial charge in [-0.1, -0.05) is 0 Å². The minimum atomic E-state index is -0.244. The predicted molar refractivity (Wildman–Crippen MR) is 100 cm³/mol. The third kappa shape index (κ3) is 3.68. The standard InChI is InChI=1S/C18H22FN3O2S/c19-12-7-11-8-16(18-21-14(1-4-23)10-25-18)22-17(11)15(9-12)20-13-2-5-24-6-3-13/h7-9,13-14,20,22-23H,1-6,10H2. The van der Waals surface area contributed by atoms with Gasteiger partial charge < -0.3 is 20.1 Å². The van der Waals surface area contributed by atoms with E-state index in [1.165, 1.54) is 0 Å². The summed E-state index contributed by atoms with van der Waals surface area (Å²) in [4.78, 5) is 8.08. The maximum Gasteiger partial charge on any atom is 0.126 e. The first-order valence-electron chi connectivity index (χ1n) is 8.71. The summed E-state index contributed by atoms with van der Waals surface area (Å²) >= 11 is 1.68. The van der Waals surface area contributed by atoms with E-state index < -0.39 is 0 Å². The number of halogens is 1. The molecule has 1 fully saturated rings. The van der Waals surface area contributed by atoms with Gasteiger partial charge in [-0.2, -0.15) is 0 Å². The fraction of sp³-hybridized carbons (Fsp3) is 0.500. The quantitative estimate of drug-likeness (QED) is 0.763. The summed E-state index contributed by atoms with van der Waals surface area (Å²) in [6.07, 6.45) is 2.54. The van der Waals surface area contributed by atoms with E-state index in [1.807, 2.05) is 6.07 Å². The highest BCUT2D eigenvalue weighted by Crippen LogP contribution is 2.31. The number of thioether (sulfide) groups is 1. The number of aliphatic hydroxyl groups excluding tert-OH is 1. The monoisotopic (exact) mass is 363 g/mol. The van der Waals surface area contributed by atoms with Crippen molar-refractivity contribution in [2.75, 3.05) is 30.9 Å². The number of nitrogens with zero attached hydrogens (tertiary/aromatic N) is 1. The van der Waals surface area contributed by atoms with Crippen LogP contribution in [0.1, 0.15) is 25.0 Å². The van der Waals surface area contributed by atoms with E-state index in [1.54, 1.807) is 23.9 Å². The van der Waals surface area contributed by atoms with Gasteiger partial charge in [-0.3, -0.25) is 4.99 Å². The fourth-order valence-electron chi connectivity index (χ4n) is 3.36. The average Bonchev–Trinajstić information content (AvgIpc) is 3.23. The maximum atomic E-state index is 14.1. The first-order valence-corrected chi connectivity index (χ1v) is 9.70. The molecule has 0 amide bonds. The molecule has 1 atom stereocenters. The van der Waals surface area contributed by atoms with E-state index in [4.69, 9.17) is 9.84 Å². The van der Waals surface area contributed by atoms with Crippen LogP contribution in [-0.4, -0.2) is 52.8 Å². The Morgan fingerprint density at radius 2 is 2.16 bits per heavy atom. The van der Waals surface area contributed by atoms with Gasteiger partial charge in [0.25, 0.3) is 0 Å². The molecule has 1 saturated heterocycles. The van der Waals surface area contributed by atoms with Crippen LogP contribution in [0.15, 0.2) is 23.2 Å². The number of rotatable bonds is 5. The largest absolute Gasteiger partial charge is 0.396 e. The Morgan fingerprint density at radius 3 is 2.96 bits per heavy atom. The Hall–Kier alpha value is -1.57. The van der Waals surface area contributed by atoms with Crippen molar-refractivity contribution in [1.29, 1.82) is 0 Å². The molecule has 1 unspecified atom stereocenters. The Kier molecular flexibility index (Phi) is 4.96. The molecule has 1 aromatic heterocycles. The average molecular weight is 363 g/mol. The van der Waals surface area contributed by atoms with E-state index in [-0.39, 0.29) is 18.5 Å². The van der Waals surface area contributed by atoms with Crippen LogP contribution in [0.5, 0.6) is 0 Å². The zero-order valence-corrected chi connectivity index (χ0v) is 14.7. The Bertz CT molecular complexity index is 786. The number of hydrogen-bond acceptors (Lipinski definition) is 5.